The van der Waals surface area contributed by atoms with Gasteiger partial charge in [-0.3, -0.25) is 4.55 Å². The summed E-state index contributed by atoms with van der Waals surface area (Å²) in [5.74, 6) is 0. The third kappa shape index (κ3) is 3.53. The Morgan fingerprint density at radius 1 is 0.833 bits per heavy atom. The molecule has 0 aliphatic carbocycles. The molecule has 3 aromatic rings. The fourth-order valence-electron chi connectivity index (χ4n) is 2.41. The van der Waals surface area contributed by atoms with Gasteiger partial charge in [0.1, 0.15) is 4.90 Å². The first-order chi connectivity index (χ1) is 11.4. The van der Waals surface area contributed by atoms with E-state index in [0.717, 1.165) is 5.69 Å². The van der Waals surface area contributed by atoms with Crippen molar-refractivity contribution in [3.05, 3.63) is 66.7 Å². The summed E-state index contributed by atoms with van der Waals surface area (Å²) >= 11 is 5.30. The maximum atomic E-state index is 11.5. The fraction of sp³-hybridized carbons (Fsp3) is 0. The molecule has 0 saturated carbocycles. The van der Waals surface area contributed by atoms with Gasteiger partial charge >= 0.3 is 0 Å². The molecule has 3 aromatic carbocycles. The predicted molar refractivity (Wildman–Crippen MR) is 100 cm³/mol. The summed E-state index contributed by atoms with van der Waals surface area (Å²) in [4.78, 5) is -0.134. The van der Waals surface area contributed by atoms with Gasteiger partial charge < -0.3 is 10.6 Å². The maximum Gasteiger partial charge on any atom is 0.295 e. The van der Waals surface area contributed by atoms with E-state index in [4.69, 9.17) is 12.2 Å². The average molecular weight is 358 g/mol. The lowest BCUT2D eigenvalue weighted by molar-refractivity contribution is 0.484. The Morgan fingerprint density at radius 2 is 1.46 bits per heavy atom. The summed E-state index contributed by atoms with van der Waals surface area (Å²) in [6, 6.07) is 19.3. The molecule has 0 amide bonds. The molecule has 24 heavy (non-hydrogen) atoms. The molecule has 0 saturated heterocycles. The predicted octanol–water partition coefficient (Wildman–Crippen LogP) is 3.90. The van der Waals surface area contributed by atoms with Crippen LogP contribution in [-0.4, -0.2) is 18.1 Å². The third-order valence-electron chi connectivity index (χ3n) is 3.44. The van der Waals surface area contributed by atoms with Crippen LogP contribution in [0.1, 0.15) is 0 Å². The molecular weight excluding hydrogens is 344 g/mol. The van der Waals surface area contributed by atoms with E-state index < -0.39 is 10.1 Å². The van der Waals surface area contributed by atoms with Crippen LogP contribution in [0.25, 0.3) is 10.8 Å². The highest BCUT2D eigenvalue weighted by molar-refractivity contribution is 7.86. The standard InChI is InChI=1S/C17H14N2O3S2/c20-24(21,22)16-11-10-15(13-8-4-5-9-14(13)16)19-17(23)18-12-6-2-1-3-7-12/h1-11H,(H2,18,19,23)(H,20,21,22). The Bertz CT molecular complexity index is 1000. The van der Waals surface area contributed by atoms with Gasteiger partial charge in [0, 0.05) is 22.1 Å². The number of nitrogens with one attached hydrogen (secondary N) is 2. The van der Waals surface area contributed by atoms with Gasteiger partial charge in [0.15, 0.2) is 5.11 Å². The molecule has 7 heteroatoms. The monoisotopic (exact) mass is 358 g/mol. The number of hydrogen-bond acceptors (Lipinski definition) is 3. The molecule has 3 rings (SSSR count). The number of benzene rings is 3. The van der Waals surface area contributed by atoms with Crippen molar-refractivity contribution in [1.29, 1.82) is 0 Å². The van der Waals surface area contributed by atoms with Crippen LogP contribution >= 0.6 is 12.2 Å². The van der Waals surface area contributed by atoms with Crippen molar-refractivity contribution >= 4 is 49.6 Å². The normalized spacial score (nSPS) is 11.2. The number of hydrogen-bond donors (Lipinski definition) is 3. The minimum atomic E-state index is -4.30. The summed E-state index contributed by atoms with van der Waals surface area (Å²) in [5.41, 5.74) is 1.49. The second-order valence-electron chi connectivity index (χ2n) is 5.08. The summed E-state index contributed by atoms with van der Waals surface area (Å²) in [6.07, 6.45) is 0. The van der Waals surface area contributed by atoms with Crippen molar-refractivity contribution < 1.29 is 13.0 Å². The first-order valence-corrected chi connectivity index (χ1v) is 8.92. The van der Waals surface area contributed by atoms with E-state index in [1.54, 1.807) is 30.3 Å². The Kier molecular flexibility index (Phi) is 4.48. The van der Waals surface area contributed by atoms with Gasteiger partial charge in [0.25, 0.3) is 10.1 Å². The van der Waals surface area contributed by atoms with Crippen LogP contribution in [0.15, 0.2) is 71.6 Å². The maximum absolute atomic E-state index is 11.5. The third-order valence-corrected chi connectivity index (χ3v) is 4.56. The van der Waals surface area contributed by atoms with Gasteiger partial charge in [-0.25, -0.2) is 0 Å². The van der Waals surface area contributed by atoms with Gasteiger partial charge in [0.05, 0.1) is 0 Å². The average Bonchev–Trinajstić information content (AvgIpc) is 2.55. The van der Waals surface area contributed by atoms with Crippen molar-refractivity contribution in [2.75, 3.05) is 10.6 Å². The Morgan fingerprint density at radius 3 is 2.12 bits per heavy atom. The second kappa shape index (κ2) is 6.56. The zero-order chi connectivity index (χ0) is 17.2. The topological polar surface area (TPSA) is 78.4 Å². The van der Waals surface area contributed by atoms with E-state index in [9.17, 15) is 13.0 Å². The number of anilines is 2. The molecule has 0 heterocycles. The largest absolute Gasteiger partial charge is 0.332 e. The van der Waals surface area contributed by atoms with Gasteiger partial charge in [-0.05, 0) is 36.5 Å². The van der Waals surface area contributed by atoms with Crippen LogP contribution < -0.4 is 10.6 Å². The van der Waals surface area contributed by atoms with Crippen LogP contribution in [-0.2, 0) is 10.1 Å². The summed E-state index contributed by atoms with van der Waals surface area (Å²) in [5, 5.41) is 7.56. The highest BCUT2D eigenvalue weighted by Crippen LogP contribution is 2.29. The minimum absolute atomic E-state index is 0.134. The quantitative estimate of drug-likeness (QED) is 0.487. The first-order valence-electron chi connectivity index (χ1n) is 7.07. The molecular formula is C17H14N2O3S2. The Labute approximate surface area is 145 Å². The van der Waals surface area contributed by atoms with Crippen molar-refractivity contribution in [2.45, 2.75) is 4.90 Å². The molecule has 0 spiro atoms. The van der Waals surface area contributed by atoms with Crippen LogP contribution in [0.3, 0.4) is 0 Å². The van der Waals surface area contributed by atoms with Crippen LogP contribution in [0, 0.1) is 0 Å². The van der Waals surface area contributed by atoms with Crippen molar-refractivity contribution in [1.82, 2.24) is 0 Å². The minimum Gasteiger partial charge on any atom is -0.332 e. The molecule has 0 fully saturated rings. The summed E-state index contributed by atoms with van der Waals surface area (Å²) in [7, 11) is -4.30. The van der Waals surface area contributed by atoms with E-state index in [-0.39, 0.29) is 4.90 Å². The van der Waals surface area contributed by atoms with Crippen LogP contribution in [0.5, 0.6) is 0 Å². The van der Waals surface area contributed by atoms with E-state index >= 15 is 0 Å². The van der Waals surface area contributed by atoms with E-state index in [1.807, 2.05) is 30.3 Å². The molecule has 0 atom stereocenters. The molecule has 0 unspecified atom stereocenters. The van der Waals surface area contributed by atoms with E-state index in [0.29, 0.717) is 21.6 Å². The summed E-state index contributed by atoms with van der Waals surface area (Å²) in [6.45, 7) is 0. The lowest BCUT2D eigenvalue weighted by atomic mass is 10.1. The molecule has 0 radical (unpaired) electrons. The van der Waals surface area contributed by atoms with Crippen LogP contribution in [0.2, 0.25) is 0 Å². The Balaban J connectivity index is 1.95. The second-order valence-corrected chi connectivity index (χ2v) is 6.88. The molecule has 5 nitrogen and oxygen atoms in total. The van der Waals surface area contributed by atoms with Crippen LogP contribution in [0.4, 0.5) is 11.4 Å². The fourth-order valence-corrected chi connectivity index (χ4v) is 3.34. The molecule has 0 aromatic heterocycles. The zero-order valence-corrected chi connectivity index (χ0v) is 14.1. The molecule has 0 aliphatic heterocycles. The van der Waals surface area contributed by atoms with Gasteiger partial charge in [-0.15, -0.1) is 0 Å². The number of thiocarbonyl (C=S) groups is 1. The van der Waals surface area contributed by atoms with Gasteiger partial charge in [0.2, 0.25) is 0 Å². The zero-order valence-electron chi connectivity index (χ0n) is 12.4. The van der Waals surface area contributed by atoms with Gasteiger partial charge in [-0.1, -0.05) is 42.5 Å². The smallest absolute Gasteiger partial charge is 0.295 e. The molecule has 0 bridgehead atoms. The summed E-state index contributed by atoms with van der Waals surface area (Å²) < 4.78 is 32.4. The molecule has 3 N–H and O–H groups in total. The van der Waals surface area contributed by atoms with Gasteiger partial charge in [-0.2, -0.15) is 8.42 Å². The first kappa shape index (κ1) is 16.4. The van der Waals surface area contributed by atoms with E-state index in [1.165, 1.54) is 6.07 Å². The number of fused-ring (bicyclic) bond motifs is 1. The molecule has 122 valence electrons. The highest BCUT2D eigenvalue weighted by Gasteiger charge is 2.15. The Hall–Kier alpha value is -2.48. The van der Waals surface area contributed by atoms with Crippen molar-refractivity contribution in [2.24, 2.45) is 0 Å². The number of para-hydroxylation sites is 1. The van der Waals surface area contributed by atoms with Crippen molar-refractivity contribution in [3.8, 4) is 0 Å². The lowest BCUT2D eigenvalue weighted by Crippen LogP contribution is -2.19. The number of rotatable bonds is 3. The lowest BCUT2D eigenvalue weighted by Gasteiger charge is -2.14. The van der Waals surface area contributed by atoms with Crippen molar-refractivity contribution in [3.63, 3.8) is 0 Å². The highest BCUT2D eigenvalue weighted by atomic mass is 32.2. The van der Waals surface area contributed by atoms with E-state index in [2.05, 4.69) is 10.6 Å². The molecule has 0 aliphatic rings. The SMILES string of the molecule is O=S(=O)(O)c1ccc(NC(=S)Nc2ccccc2)c2ccccc12.